The first-order valence-electron chi connectivity index (χ1n) is 5.87. The van der Waals surface area contributed by atoms with E-state index in [1.807, 2.05) is 0 Å². The Balaban J connectivity index is 2.22. The second-order valence-corrected chi connectivity index (χ2v) is 5.99. The summed E-state index contributed by atoms with van der Waals surface area (Å²) in [7, 11) is -2.19. The zero-order valence-electron chi connectivity index (χ0n) is 11.3. The third-order valence-corrected chi connectivity index (χ3v) is 4.18. The molecule has 0 radical (unpaired) electrons. The number of sulfonamides is 1. The van der Waals surface area contributed by atoms with Crippen LogP contribution >= 0.6 is 0 Å². The van der Waals surface area contributed by atoms with Gasteiger partial charge in [-0.05, 0) is 19.1 Å². The predicted octanol–water partition coefficient (Wildman–Crippen LogP) is -0.0522. The van der Waals surface area contributed by atoms with E-state index in [0.29, 0.717) is 5.82 Å². The van der Waals surface area contributed by atoms with Crippen molar-refractivity contribution in [1.82, 2.24) is 24.5 Å². The lowest BCUT2D eigenvalue weighted by molar-refractivity contribution is 0.0696. The Labute approximate surface area is 120 Å². The highest BCUT2D eigenvalue weighted by Gasteiger charge is 2.22. The number of aromatic nitrogens is 4. The van der Waals surface area contributed by atoms with E-state index in [0.717, 1.165) is 12.3 Å². The number of hydrogen-bond acceptors (Lipinski definition) is 6. The minimum Gasteiger partial charge on any atom is -0.478 e. The summed E-state index contributed by atoms with van der Waals surface area (Å²) in [6.45, 7) is 1.62. The summed E-state index contributed by atoms with van der Waals surface area (Å²) >= 11 is 0. The summed E-state index contributed by atoms with van der Waals surface area (Å²) in [5.41, 5.74) is -0.0877. The molecule has 2 rings (SSSR count). The van der Waals surface area contributed by atoms with Crippen LogP contribution in [0.1, 0.15) is 29.1 Å². The number of rotatable bonds is 5. The molecule has 2 aromatic rings. The predicted molar refractivity (Wildman–Crippen MR) is 70.9 cm³/mol. The van der Waals surface area contributed by atoms with Gasteiger partial charge in [-0.2, -0.15) is 4.72 Å². The van der Waals surface area contributed by atoms with Gasteiger partial charge in [-0.3, -0.25) is 0 Å². The fraction of sp³-hybridized carbons (Fsp3) is 0.273. The van der Waals surface area contributed by atoms with Crippen molar-refractivity contribution in [3.63, 3.8) is 0 Å². The van der Waals surface area contributed by atoms with Crippen LogP contribution in [0.2, 0.25) is 0 Å². The van der Waals surface area contributed by atoms with E-state index in [9.17, 15) is 13.2 Å². The average Bonchev–Trinajstić information content (AvgIpc) is 2.84. The number of hydrogen-bond donors (Lipinski definition) is 2. The molecule has 1 unspecified atom stereocenters. The van der Waals surface area contributed by atoms with Crippen molar-refractivity contribution in [2.45, 2.75) is 18.0 Å². The van der Waals surface area contributed by atoms with E-state index >= 15 is 0 Å². The van der Waals surface area contributed by atoms with Gasteiger partial charge in [0.15, 0.2) is 5.03 Å². The van der Waals surface area contributed by atoms with Gasteiger partial charge in [0.25, 0.3) is 10.0 Å². The van der Waals surface area contributed by atoms with Crippen molar-refractivity contribution in [2.24, 2.45) is 7.05 Å². The smallest absolute Gasteiger partial charge is 0.337 e. The lowest BCUT2D eigenvalue weighted by Crippen LogP contribution is -2.29. The summed E-state index contributed by atoms with van der Waals surface area (Å²) in [5, 5.41) is 16.0. The maximum Gasteiger partial charge on any atom is 0.337 e. The lowest BCUT2D eigenvalue weighted by atomic mass is 10.3. The Morgan fingerprint density at radius 3 is 2.62 bits per heavy atom. The van der Waals surface area contributed by atoms with Crippen LogP contribution in [-0.4, -0.2) is 39.2 Å². The van der Waals surface area contributed by atoms with E-state index in [-0.39, 0.29) is 10.6 Å². The summed E-state index contributed by atoms with van der Waals surface area (Å²) in [6, 6.07) is 1.70. The number of aryl methyl sites for hydroxylation is 1. The molecule has 0 aliphatic heterocycles. The molecule has 0 aliphatic rings. The molecule has 2 N–H and O–H groups in total. The van der Waals surface area contributed by atoms with Gasteiger partial charge in [-0.15, -0.1) is 10.2 Å². The van der Waals surface area contributed by atoms with Crippen molar-refractivity contribution in [1.29, 1.82) is 0 Å². The van der Waals surface area contributed by atoms with E-state index in [1.165, 1.54) is 12.4 Å². The van der Waals surface area contributed by atoms with Gasteiger partial charge in [0.2, 0.25) is 0 Å². The first kappa shape index (κ1) is 15.1. The first-order chi connectivity index (χ1) is 9.81. The van der Waals surface area contributed by atoms with E-state index in [4.69, 9.17) is 5.11 Å². The van der Waals surface area contributed by atoms with Gasteiger partial charge in [0, 0.05) is 13.2 Å². The van der Waals surface area contributed by atoms with E-state index in [1.54, 1.807) is 18.5 Å². The fourth-order valence-corrected chi connectivity index (χ4v) is 2.83. The Kier molecular flexibility index (Phi) is 4.00. The molecular formula is C11H13N5O4S. The van der Waals surface area contributed by atoms with Crippen LogP contribution in [0.4, 0.5) is 0 Å². The molecule has 2 aromatic heterocycles. The fourth-order valence-electron chi connectivity index (χ4n) is 1.70. The van der Waals surface area contributed by atoms with Crippen LogP contribution in [0.3, 0.4) is 0 Å². The maximum atomic E-state index is 12.2. The molecule has 0 aromatic carbocycles. The number of nitrogens with zero attached hydrogens (tertiary/aromatic N) is 4. The van der Waals surface area contributed by atoms with Gasteiger partial charge < -0.3 is 9.67 Å². The zero-order chi connectivity index (χ0) is 15.6. The SMILES string of the molecule is CC(NS(=O)(=O)c1ccc(C(=O)O)cn1)c1nncn1C. The summed E-state index contributed by atoms with van der Waals surface area (Å²) in [4.78, 5) is 14.4. The van der Waals surface area contributed by atoms with Gasteiger partial charge in [0.1, 0.15) is 12.2 Å². The van der Waals surface area contributed by atoms with Crippen LogP contribution in [0.5, 0.6) is 0 Å². The van der Waals surface area contributed by atoms with Crippen LogP contribution in [0.15, 0.2) is 29.7 Å². The Morgan fingerprint density at radius 2 is 2.14 bits per heavy atom. The van der Waals surface area contributed by atoms with E-state index < -0.39 is 22.0 Å². The first-order valence-corrected chi connectivity index (χ1v) is 7.35. The lowest BCUT2D eigenvalue weighted by Gasteiger charge is -2.12. The molecule has 1 atom stereocenters. The highest BCUT2D eigenvalue weighted by molar-refractivity contribution is 7.89. The molecule has 2 heterocycles. The topological polar surface area (TPSA) is 127 Å². The standard InChI is InChI=1S/C11H13N5O4S/c1-7(10-14-13-6-16(10)2)15-21(19,20)9-4-3-8(5-12-9)11(17)18/h3-7,15H,1-2H3,(H,17,18). The number of carboxylic acids is 1. The number of aromatic carboxylic acids is 1. The van der Waals surface area contributed by atoms with Crippen molar-refractivity contribution in [2.75, 3.05) is 0 Å². The van der Waals surface area contributed by atoms with Crippen molar-refractivity contribution in [3.8, 4) is 0 Å². The van der Waals surface area contributed by atoms with Crippen molar-refractivity contribution in [3.05, 3.63) is 36.0 Å². The van der Waals surface area contributed by atoms with Gasteiger partial charge >= 0.3 is 5.97 Å². The largest absolute Gasteiger partial charge is 0.478 e. The highest BCUT2D eigenvalue weighted by Crippen LogP contribution is 2.13. The average molecular weight is 311 g/mol. The molecule has 0 aliphatic carbocycles. The second-order valence-electron chi connectivity index (χ2n) is 4.33. The van der Waals surface area contributed by atoms with Gasteiger partial charge in [0.05, 0.1) is 11.6 Å². The summed E-state index contributed by atoms with van der Waals surface area (Å²) in [5.74, 6) is -0.729. The maximum absolute atomic E-state index is 12.2. The third kappa shape index (κ3) is 3.23. The van der Waals surface area contributed by atoms with Crippen molar-refractivity contribution < 1.29 is 18.3 Å². The Morgan fingerprint density at radius 1 is 1.43 bits per heavy atom. The monoisotopic (exact) mass is 311 g/mol. The second kappa shape index (κ2) is 5.58. The van der Waals surface area contributed by atoms with Crippen LogP contribution in [0.25, 0.3) is 0 Å². The minimum atomic E-state index is -3.88. The highest BCUT2D eigenvalue weighted by atomic mass is 32.2. The molecule has 0 saturated heterocycles. The summed E-state index contributed by atoms with van der Waals surface area (Å²) in [6.07, 6.45) is 2.45. The molecule has 9 nitrogen and oxygen atoms in total. The number of carboxylic acid groups (broad SMARTS) is 1. The minimum absolute atomic E-state index is 0.0877. The van der Waals surface area contributed by atoms with Crippen LogP contribution in [0, 0.1) is 0 Å². The molecule has 0 saturated carbocycles. The Bertz CT molecular complexity index is 753. The van der Waals surface area contributed by atoms with Crippen molar-refractivity contribution >= 4 is 16.0 Å². The number of nitrogens with one attached hydrogen (secondary N) is 1. The van der Waals surface area contributed by atoms with Gasteiger partial charge in [-0.25, -0.2) is 18.2 Å². The normalized spacial score (nSPS) is 13.0. The molecular weight excluding hydrogens is 298 g/mol. The van der Waals surface area contributed by atoms with Crippen LogP contribution in [-0.2, 0) is 17.1 Å². The summed E-state index contributed by atoms with van der Waals surface area (Å²) < 4.78 is 28.3. The van der Waals surface area contributed by atoms with Crippen LogP contribution < -0.4 is 4.72 Å². The number of pyridine rings is 1. The molecule has 21 heavy (non-hydrogen) atoms. The molecule has 0 spiro atoms. The Hall–Kier alpha value is -2.33. The molecule has 112 valence electrons. The quantitative estimate of drug-likeness (QED) is 0.792. The molecule has 0 amide bonds. The molecule has 0 fully saturated rings. The number of carbonyl (C=O) groups is 1. The van der Waals surface area contributed by atoms with E-state index in [2.05, 4.69) is 19.9 Å². The molecule has 10 heteroatoms. The molecule has 0 bridgehead atoms. The van der Waals surface area contributed by atoms with Gasteiger partial charge in [-0.1, -0.05) is 0 Å². The third-order valence-electron chi connectivity index (χ3n) is 2.72. The zero-order valence-corrected chi connectivity index (χ0v) is 12.1.